The number of hydrogen-bond acceptors (Lipinski definition) is 4. The summed E-state index contributed by atoms with van der Waals surface area (Å²) in [5.74, 6) is -0.629. The summed E-state index contributed by atoms with van der Waals surface area (Å²) in [6.45, 7) is 0. The van der Waals surface area contributed by atoms with E-state index in [0.717, 1.165) is 33.5 Å². The number of halogens is 1. The molecule has 5 rings (SSSR count). The fourth-order valence-electron chi connectivity index (χ4n) is 4.56. The first kappa shape index (κ1) is 24.3. The van der Waals surface area contributed by atoms with Crippen molar-refractivity contribution in [1.82, 2.24) is 4.98 Å². The van der Waals surface area contributed by atoms with Gasteiger partial charge in [0.05, 0.1) is 24.2 Å². The van der Waals surface area contributed by atoms with Gasteiger partial charge in [0.2, 0.25) is 0 Å². The zero-order chi connectivity index (χ0) is 26.1. The zero-order valence-electron chi connectivity index (χ0n) is 20.2. The predicted octanol–water partition coefficient (Wildman–Crippen LogP) is 6.22. The lowest BCUT2D eigenvalue weighted by Gasteiger charge is -2.12. The van der Waals surface area contributed by atoms with Crippen LogP contribution in [0.15, 0.2) is 79.1 Å². The summed E-state index contributed by atoms with van der Waals surface area (Å²) >= 11 is 6.69. The van der Waals surface area contributed by atoms with Crippen molar-refractivity contribution in [3.8, 4) is 28.0 Å². The average Bonchev–Trinajstić information content (AvgIpc) is 3.12. The number of carboxylic acid groups (broad SMARTS) is 1. The van der Waals surface area contributed by atoms with Gasteiger partial charge >= 0.3 is 5.97 Å². The molecule has 4 aromatic rings. The molecule has 7 heteroatoms. The number of nitrogens with zero attached hydrogens (tertiary/aromatic N) is 2. The molecule has 2 heterocycles. The van der Waals surface area contributed by atoms with Crippen LogP contribution < -0.4 is 9.64 Å². The van der Waals surface area contributed by atoms with Crippen molar-refractivity contribution in [2.24, 2.45) is 0 Å². The maximum atomic E-state index is 13.2. The first-order chi connectivity index (χ1) is 17.9. The Kier molecular flexibility index (Phi) is 6.51. The smallest absolute Gasteiger partial charge is 0.307 e. The highest BCUT2D eigenvalue weighted by Gasteiger charge is 2.31. The van der Waals surface area contributed by atoms with E-state index in [-0.39, 0.29) is 12.3 Å². The minimum atomic E-state index is -0.959. The van der Waals surface area contributed by atoms with Crippen LogP contribution in [0.4, 0.5) is 5.69 Å². The van der Waals surface area contributed by atoms with Crippen LogP contribution in [0.1, 0.15) is 16.7 Å². The number of likely N-dealkylation sites (N-methyl/N-ethyl adjacent to an activating group) is 1. The van der Waals surface area contributed by atoms with Crippen LogP contribution in [-0.2, 0) is 16.0 Å². The maximum absolute atomic E-state index is 13.2. The summed E-state index contributed by atoms with van der Waals surface area (Å²) in [4.78, 5) is 30.2. The van der Waals surface area contributed by atoms with Gasteiger partial charge in [-0.3, -0.25) is 14.6 Å². The third kappa shape index (κ3) is 4.71. The largest absolute Gasteiger partial charge is 0.496 e. The molecule has 1 aromatic heterocycles. The molecule has 3 aromatic carbocycles. The van der Waals surface area contributed by atoms with Gasteiger partial charge in [0.1, 0.15) is 5.75 Å². The Labute approximate surface area is 219 Å². The lowest BCUT2D eigenvalue weighted by Crippen LogP contribution is -2.20. The van der Waals surface area contributed by atoms with Crippen molar-refractivity contribution in [3.05, 3.63) is 101 Å². The topological polar surface area (TPSA) is 79.7 Å². The molecule has 37 heavy (non-hydrogen) atoms. The van der Waals surface area contributed by atoms with Gasteiger partial charge in [0.15, 0.2) is 0 Å². The third-order valence-corrected chi connectivity index (χ3v) is 6.75. The molecule has 1 N–H and O–H groups in total. The highest BCUT2D eigenvalue weighted by molar-refractivity contribution is 6.38. The summed E-state index contributed by atoms with van der Waals surface area (Å²) < 4.78 is 5.30. The molecule has 0 radical (unpaired) electrons. The first-order valence-electron chi connectivity index (χ1n) is 11.6. The van der Waals surface area contributed by atoms with E-state index in [1.165, 1.54) is 7.11 Å². The molecule has 0 saturated heterocycles. The molecule has 1 aliphatic heterocycles. The normalized spacial score (nSPS) is 13.6. The summed E-state index contributed by atoms with van der Waals surface area (Å²) in [5.41, 5.74) is 7.12. The van der Waals surface area contributed by atoms with E-state index in [2.05, 4.69) is 4.98 Å². The Morgan fingerprint density at radius 1 is 0.973 bits per heavy atom. The Hall–Kier alpha value is -4.42. The highest BCUT2D eigenvalue weighted by Crippen LogP contribution is 2.43. The Bertz CT molecular complexity index is 1550. The number of hydrogen-bond donors (Lipinski definition) is 1. The highest BCUT2D eigenvalue weighted by atomic mass is 35.5. The van der Waals surface area contributed by atoms with Gasteiger partial charge < -0.3 is 14.7 Å². The Morgan fingerprint density at radius 2 is 1.65 bits per heavy atom. The second kappa shape index (κ2) is 9.91. The van der Waals surface area contributed by atoms with Gasteiger partial charge in [-0.05, 0) is 64.7 Å². The van der Waals surface area contributed by atoms with E-state index in [1.807, 2.05) is 48.5 Å². The number of rotatable bonds is 6. The van der Waals surface area contributed by atoms with E-state index in [1.54, 1.807) is 48.6 Å². The molecule has 1 amide bonds. The van der Waals surface area contributed by atoms with Crippen molar-refractivity contribution in [2.45, 2.75) is 6.42 Å². The number of methoxy groups -OCH3 is 1. The van der Waals surface area contributed by atoms with Crippen LogP contribution in [0, 0.1) is 0 Å². The Morgan fingerprint density at radius 3 is 2.32 bits per heavy atom. The molecule has 1 aliphatic rings. The number of fused-ring (bicyclic) bond motifs is 1. The third-order valence-electron chi connectivity index (χ3n) is 6.44. The summed E-state index contributed by atoms with van der Waals surface area (Å²) in [7, 11) is 3.21. The van der Waals surface area contributed by atoms with E-state index in [0.29, 0.717) is 27.5 Å². The molecule has 0 saturated carbocycles. The van der Waals surface area contributed by atoms with Crippen molar-refractivity contribution in [2.75, 3.05) is 19.1 Å². The van der Waals surface area contributed by atoms with E-state index in [4.69, 9.17) is 16.3 Å². The number of carbonyl (C=O) groups excluding carboxylic acids is 1. The van der Waals surface area contributed by atoms with Gasteiger partial charge in [0, 0.05) is 41.7 Å². The summed E-state index contributed by atoms with van der Waals surface area (Å²) in [6, 6.07) is 21.0. The number of aliphatic carboxylic acids is 1. The van der Waals surface area contributed by atoms with Crippen molar-refractivity contribution in [1.29, 1.82) is 0 Å². The maximum Gasteiger partial charge on any atom is 0.307 e. The predicted molar refractivity (Wildman–Crippen MR) is 146 cm³/mol. The number of aromatic nitrogens is 1. The molecule has 0 aliphatic carbocycles. The van der Waals surface area contributed by atoms with Gasteiger partial charge in [-0.1, -0.05) is 41.9 Å². The molecular formula is C30H23ClN2O4. The minimum Gasteiger partial charge on any atom is -0.496 e. The van der Waals surface area contributed by atoms with Crippen LogP contribution >= 0.6 is 11.6 Å². The number of anilines is 1. The molecule has 0 unspecified atom stereocenters. The van der Waals surface area contributed by atoms with Crippen molar-refractivity contribution >= 4 is 40.8 Å². The summed E-state index contributed by atoms with van der Waals surface area (Å²) in [5, 5.41) is 9.81. The van der Waals surface area contributed by atoms with Crippen molar-refractivity contribution < 1.29 is 19.4 Å². The lowest BCUT2D eigenvalue weighted by atomic mass is 9.96. The fraction of sp³-hybridized carbons (Fsp3) is 0.100. The van der Waals surface area contributed by atoms with Crippen LogP contribution in [0.5, 0.6) is 5.75 Å². The number of pyridine rings is 1. The molecule has 0 fully saturated rings. The number of carboxylic acids is 1. The van der Waals surface area contributed by atoms with Gasteiger partial charge in [0.25, 0.3) is 5.91 Å². The monoisotopic (exact) mass is 510 g/mol. The lowest BCUT2D eigenvalue weighted by molar-refractivity contribution is -0.136. The van der Waals surface area contributed by atoms with Crippen LogP contribution in [0.2, 0.25) is 5.02 Å². The molecule has 0 spiro atoms. The van der Waals surface area contributed by atoms with Crippen LogP contribution in [0.3, 0.4) is 0 Å². The molecule has 0 atom stereocenters. The van der Waals surface area contributed by atoms with Gasteiger partial charge in [-0.15, -0.1) is 0 Å². The minimum absolute atomic E-state index is 0.160. The van der Waals surface area contributed by atoms with Crippen molar-refractivity contribution in [3.63, 3.8) is 0 Å². The SMILES string of the molecule is COc1ccc(/C=C2\C(=O)N(C)c3cc(Cl)c(-c4ccc(-c5ccncc5)cc4)cc32)cc1CC(=O)O. The quantitative estimate of drug-likeness (QED) is 0.311. The van der Waals surface area contributed by atoms with Crippen LogP contribution in [-0.4, -0.2) is 36.1 Å². The van der Waals surface area contributed by atoms with Gasteiger partial charge in [-0.25, -0.2) is 0 Å². The van der Waals surface area contributed by atoms with E-state index < -0.39 is 5.97 Å². The fourth-order valence-corrected chi connectivity index (χ4v) is 4.83. The molecule has 184 valence electrons. The standard InChI is InChI=1S/C30H23ClN2O4/c1-33-27-17-26(31)23(21-6-4-19(5-7-21)20-9-11-32-12-10-20)16-24(27)25(30(33)36)14-18-3-8-28(37-2)22(13-18)15-29(34)35/h3-14,16-17H,15H2,1-2H3,(H,34,35)/b25-14-. The Balaban J connectivity index is 1.56. The molecule has 6 nitrogen and oxygen atoms in total. The second-order valence-electron chi connectivity index (χ2n) is 8.73. The van der Waals surface area contributed by atoms with E-state index >= 15 is 0 Å². The second-order valence-corrected chi connectivity index (χ2v) is 9.13. The number of carbonyl (C=O) groups is 2. The summed E-state index contributed by atoms with van der Waals surface area (Å²) in [6.07, 6.45) is 5.12. The van der Waals surface area contributed by atoms with Crippen LogP contribution in [0.25, 0.3) is 33.9 Å². The molecule has 0 bridgehead atoms. The number of ether oxygens (including phenoxy) is 1. The average molecular weight is 511 g/mol. The van der Waals surface area contributed by atoms with Gasteiger partial charge in [-0.2, -0.15) is 0 Å². The number of benzene rings is 3. The van der Waals surface area contributed by atoms with E-state index in [9.17, 15) is 14.7 Å². The molecular weight excluding hydrogens is 488 g/mol. The number of amides is 1. The zero-order valence-corrected chi connectivity index (χ0v) is 21.0. The first-order valence-corrected chi connectivity index (χ1v) is 12.0.